The summed E-state index contributed by atoms with van der Waals surface area (Å²) in [6.45, 7) is 4.69. The largest absolute Gasteiger partial charge is 0.468 e. The lowest BCUT2D eigenvalue weighted by molar-refractivity contribution is -0.153. The Kier molecular flexibility index (Phi) is 8.01. The van der Waals surface area contributed by atoms with Crippen LogP contribution in [0.1, 0.15) is 27.2 Å². The van der Waals surface area contributed by atoms with E-state index < -0.39 is 24.7 Å². The molecular formula is C12H23F3N2O2. The number of nitrogens with one attached hydrogen (secondary N) is 1. The molecule has 0 aliphatic rings. The minimum absolute atomic E-state index is 0.0153. The molecule has 0 saturated carbocycles. The predicted octanol–water partition coefficient (Wildman–Crippen LogP) is 1.80. The van der Waals surface area contributed by atoms with Crippen molar-refractivity contribution in [1.29, 1.82) is 0 Å². The highest BCUT2D eigenvalue weighted by atomic mass is 19.4. The first-order valence-corrected chi connectivity index (χ1v) is 6.32. The van der Waals surface area contributed by atoms with E-state index in [2.05, 4.69) is 10.1 Å². The van der Waals surface area contributed by atoms with E-state index in [4.69, 9.17) is 0 Å². The van der Waals surface area contributed by atoms with Crippen LogP contribution >= 0.6 is 0 Å². The summed E-state index contributed by atoms with van der Waals surface area (Å²) in [5, 5.41) is 2.92. The van der Waals surface area contributed by atoms with E-state index in [1.54, 1.807) is 6.92 Å². The fourth-order valence-electron chi connectivity index (χ4n) is 1.80. The summed E-state index contributed by atoms with van der Waals surface area (Å²) >= 11 is 0. The number of hydrogen-bond donors (Lipinski definition) is 1. The van der Waals surface area contributed by atoms with Crippen LogP contribution in [0.5, 0.6) is 0 Å². The van der Waals surface area contributed by atoms with E-state index in [1.165, 1.54) is 12.0 Å². The maximum Gasteiger partial charge on any atom is 0.401 e. The third kappa shape index (κ3) is 8.83. The van der Waals surface area contributed by atoms with Gasteiger partial charge in [0.15, 0.2) is 0 Å². The molecule has 4 nitrogen and oxygen atoms in total. The molecular weight excluding hydrogens is 261 g/mol. The van der Waals surface area contributed by atoms with Crippen molar-refractivity contribution < 1.29 is 22.7 Å². The number of ether oxygens (including phenoxy) is 1. The second kappa shape index (κ2) is 8.37. The van der Waals surface area contributed by atoms with Crippen LogP contribution < -0.4 is 5.32 Å². The van der Waals surface area contributed by atoms with Gasteiger partial charge in [0.05, 0.1) is 13.7 Å². The van der Waals surface area contributed by atoms with Crippen molar-refractivity contribution in [1.82, 2.24) is 10.2 Å². The molecule has 0 heterocycles. The van der Waals surface area contributed by atoms with E-state index in [0.717, 1.165) is 0 Å². The minimum Gasteiger partial charge on any atom is -0.468 e. The van der Waals surface area contributed by atoms with Gasteiger partial charge in [-0.1, -0.05) is 20.8 Å². The Balaban J connectivity index is 4.67. The molecule has 0 aromatic heterocycles. The van der Waals surface area contributed by atoms with Crippen molar-refractivity contribution in [2.45, 2.75) is 45.5 Å². The summed E-state index contributed by atoms with van der Waals surface area (Å²) in [5.41, 5.74) is 0. The van der Waals surface area contributed by atoms with Crippen LogP contribution in [0.3, 0.4) is 0 Å². The van der Waals surface area contributed by atoms with Gasteiger partial charge in [-0.15, -0.1) is 0 Å². The highest BCUT2D eigenvalue weighted by Crippen LogP contribution is 2.17. The molecule has 0 amide bonds. The van der Waals surface area contributed by atoms with Crippen LogP contribution in [-0.2, 0) is 9.53 Å². The zero-order valence-electron chi connectivity index (χ0n) is 11.9. The van der Waals surface area contributed by atoms with Crippen molar-refractivity contribution in [3.63, 3.8) is 0 Å². The highest BCUT2D eigenvalue weighted by Gasteiger charge is 2.32. The van der Waals surface area contributed by atoms with Gasteiger partial charge in [0, 0.05) is 12.6 Å². The first-order valence-electron chi connectivity index (χ1n) is 6.32. The molecule has 1 unspecified atom stereocenters. The number of halogens is 3. The van der Waals surface area contributed by atoms with Gasteiger partial charge in [0.25, 0.3) is 0 Å². The SMILES string of the molecule is CCCN(CC(NC(C)C)C(=O)OC)CC(F)(F)F. The Morgan fingerprint density at radius 2 is 1.95 bits per heavy atom. The molecule has 7 heteroatoms. The quantitative estimate of drug-likeness (QED) is 0.690. The van der Waals surface area contributed by atoms with E-state index in [0.29, 0.717) is 6.42 Å². The predicted molar refractivity (Wildman–Crippen MR) is 66.9 cm³/mol. The number of carbonyl (C=O) groups excluding carboxylic acids is 1. The van der Waals surface area contributed by atoms with Crippen LogP contribution in [0.15, 0.2) is 0 Å². The smallest absolute Gasteiger partial charge is 0.401 e. The molecule has 0 aliphatic heterocycles. The number of alkyl halides is 3. The van der Waals surface area contributed by atoms with Crippen molar-refractivity contribution in [3.8, 4) is 0 Å². The fraction of sp³-hybridized carbons (Fsp3) is 0.917. The van der Waals surface area contributed by atoms with Crippen LogP contribution in [-0.4, -0.2) is 55.9 Å². The normalized spacial score (nSPS) is 13.9. The lowest BCUT2D eigenvalue weighted by Gasteiger charge is -2.28. The van der Waals surface area contributed by atoms with Gasteiger partial charge in [-0.2, -0.15) is 13.2 Å². The molecule has 1 atom stereocenters. The number of nitrogens with zero attached hydrogens (tertiary/aromatic N) is 1. The second-order valence-electron chi connectivity index (χ2n) is 4.75. The molecule has 0 fully saturated rings. The van der Waals surface area contributed by atoms with Crippen molar-refractivity contribution in [2.24, 2.45) is 0 Å². The Morgan fingerprint density at radius 3 is 2.32 bits per heavy atom. The van der Waals surface area contributed by atoms with Gasteiger partial charge in [0.2, 0.25) is 0 Å². The summed E-state index contributed by atoms with van der Waals surface area (Å²) in [6, 6.07) is -0.766. The first kappa shape index (κ1) is 18.2. The fourth-order valence-corrected chi connectivity index (χ4v) is 1.80. The standard InChI is InChI=1S/C12H23F3N2O2/c1-5-6-17(8-12(13,14)15)7-10(11(18)19-4)16-9(2)3/h9-10,16H,5-8H2,1-4H3. The maximum absolute atomic E-state index is 12.4. The summed E-state index contributed by atoms with van der Waals surface area (Å²) < 4.78 is 42.0. The number of rotatable bonds is 8. The van der Waals surface area contributed by atoms with Gasteiger partial charge >= 0.3 is 12.1 Å². The van der Waals surface area contributed by atoms with Gasteiger partial charge < -0.3 is 10.1 Å². The van der Waals surface area contributed by atoms with E-state index in [1.807, 2.05) is 13.8 Å². The molecule has 0 aromatic carbocycles. The Hall–Kier alpha value is -0.820. The Bertz CT molecular complexity index is 270. The third-order valence-corrected chi connectivity index (χ3v) is 2.40. The molecule has 0 aromatic rings. The highest BCUT2D eigenvalue weighted by molar-refractivity contribution is 5.75. The zero-order chi connectivity index (χ0) is 15.1. The maximum atomic E-state index is 12.4. The van der Waals surface area contributed by atoms with Gasteiger partial charge in [-0.05, 0) is 13.0 Å². The number of esters is 1. The second-order valence-corrected chi connectivity index (χ2v) is 4.75. The van der Waals surface area contributed by atoms with E-state index in [-0.39, 0.29) is 19.1 Å². The zero-order valence-corrected chi connectivity index (χ0v) is 11.9. The van der Waals surface area contributed by atoms with Crippen molar-refractivity contribution >= 4 is 5.97 Å². The molecule has 0 radical (unpaired) electrons. The molecule has 1 N–H and O–H groups in total. The lowest BCUT2D eigenvalue weighted by atomic mass is 10.2. The summed E-state index contributed by atoms with van der Waals surface area (Å²) in [7, 11) is 1.23. The van der Waals surface area contributed by atoms with Crippen LogP contribution in [0.2, 0.25) is 0 Å². The summed E-state index contributed by atoms with van der Waals surface area (Å²) in [4.78, 5) is 12.8. The summed E-state index contributed by atoms with van der Waals surface area (Å²) in [6.07, 6.45) is -3.68. The Morgan fingerprint density at radius 1 is 1.37 bits per heavy atom. The molecule has 0 aliphatic carbocycles. The first-order chi connectivity index (χ1) is 8.69. The van der Waals surface area contributed by atoms with Gasteiger partial charge in [-0.3, -0.25) is 9.69 Å². The lowest BCUT2D eigenvalue weighted by Crippen LogP contribution is -2.50. The molecule has 0 rings (SSSR count). The van der Waals surface area contributed by atoms with E-state index >= 15 is 0 Å². The molecule has 0 spiro atoms. The van der Waals surface area contributed by atoms with Crippen LogP contribution in [0, 0.1) is 0 Å². The molecule has 19 heavy (non-hydrogen) atoms. The van der Waals surface area contributed by atoms with E-state index in [9.17, 15) is 18.0 Å². The van der Waals surface area contributed by atoms with Gasteiger partial charge in [-0.25, -0.2) is 0 Å². The number of hydrogen-bond acceptors (Lipinski definition) is 4. The Labute approximate surface area is 112 Å². The minimum atomic E-state index is -4.27. The molecule has 0 saturated heterocycles. The molecule has 114 valence electrons. The van der Waals surface area contributed by atoms with Crippen molar-refractivity contribution in [3.05, 3.63) is 0 Å². The average molecular weight is 284 g/mol. The number of methoxy groups -OCH3 is 1. The van der Waals surface area contributed by atoms with Crippen molar-refractivity contribution in [2.75, 3.05) is 26.7 Å². The topological polar surface area (TPSA) is 41.6 Å². The number of carbonyl (C=O) groups is 1. The van der Waals surface area contributed by atoms with Gasteiger partial charge in [0.1, 0.15) is 6.04 Å². The van der Waals surface area contributed by atoms with Crippen LogP contribution in [0.4, 0.5) is 13.2 Å². The summed E-state index contributed by atoms with van der Waals surface area (Å²) in [5.74, 6) is -0.544. The third-order valence-electron chi connectivity index (χ3n) is 2.40. The average Bonchev–Trinajstić information content (AvgIpc) is 2.24. The molecule has 0 bridgehead atoms. The van der Waals surface area contributed by atoms with Crippen LogP contribution in [0.25, 0.3) is 0 Å². The monoisotopic (exact) mass is 284 g/mol.